The number of hydrogen-bond donors (Lipinski definition) is 1. The molecule has 4 atom stereocenters. The molecule has 4 aliphatic rings. The second-order valence-corrected chi connectivity index (χ2v) is 10.6. The Balaban J connectivity index is 1.52. The Morgan fingerprint density at radius 3 is 2.61 bits per heavy atom. The maximum Gasteiger partial charge on any atom is 0.238 e. The molecule has 0 aliphatic carbocycles. The maximum absolute atomic E-state index is 14.6. The molecular weight excluding hydrogens is 480 g/mol. The molecule has 1 spiro atoms. The van der Waals surface area contributed by atoms with Gasteiger partial charge in [0, 0.05) is 22.5 Å². The number of allylic oxidation sites excluding steroid dienone is 1. The largest absolute Gasteiger partial charge is 0.454 e. The summed E-state index contributed by atoms with van der Waals surface area (Å²) in [7, 11) is 0. The van der Waals surface area contributed by atoms with E-state index >= 15 is 0 Å². The summed E-state index contributed by atoms with van der Waals surface area (Å²) < 4.78 is 11.0. The van der Waals surface area contributed by atoms with Crippen molar-refractivity contribution in [2.24, 2.45) is 5.92 Å². The number of nitrogens with zero attached hydrogens (tertiary/aromatic N) is 1. The summed E-state index contributed by atoms with van der Waals surface area (Å²) in [4.78, 5) is 44.4. The molecule has 1 amide bonds. The van der Waals surface area contributed by atoms with Crippen LogP contribution in [0, 0.1) is 12.8 Å². The molecule has 7 nitrogen and oxygen atoms in total. The number of benzene rings is 3. The number of hydrogen-bond acceptors (Lipinski definition) is 6. The zero-order chi connectivity index (χ0) is 26.3. The molecule has 3 aromatic rings. The molecule has 0 saturated carbocycles. The lowest BCUT2D eigenvalue weighted by molar-refractivity contribution is -0.122. The van der Waals surface area contributed by atoms with E-state index in [2.05, 4.69) is 17.5 Å². The van der Waals surface area contributed by atoms with Crippen LogP contribution in [0.2, 0.25) is 0 Å². The van der Waals surface area contributed by atoms with Crippen LogP contribution in [0.1, 0.15) is 40.9 Å². The third kappa shape index (κ3) is 2.81. The second-order valence-electron chi connectivity index (χ2n) is 10.6. The van der Waals surface area contributed by atoms with Crippen LogP contribution in [-0.2, 0) is 15.0 Å². The second kappa shape index (κ2) is 7.81. The molecule has 1 saturated heterocycles. The monoisotopic (exact) mass is 506 g/mol. The number of Topliss-reactive ketones (excluding diaryl/α,β-unsaturated/α-hetero) is 2. The number of ether oxygens (including phenoxy) is 2. The molecule has 7 rings (SSSR count). The Labute approximate surface area is 220 Å². The van der Waals surface area contributed by atoms with E-state index in [4.69, 9.17) is 9.47 Å². The van der Waals surface area contributed by atoms with Gasteiger partial charge in [-0.15, -0.1) is 0 Å². The first-order chi connectivity index (χ1) is 18.3. The Morgan fingerprint density at radius 2 is 1.79 bits per heavy atom. The highest BCUT2D eigenvalue weighted by Gasteiger charge is 2.70. The van der Waals surface area contributed by atoms with Gasteiger partial charge in [0.25, 0.3) is 0 Å². The van der Waals surface area contributed by atoms with Crippen molar-refractivity contribution in [2.75, 3.05) is 17.0 Å². The molecule has 38 heavy (non-hydrogen) atoms. The number of anilines is 2. The van der Waals surface area contributed by atoms with Crippen LogP contribution in [0.25, 0.3) is 5.57 Å². The molecule has 4 aliphatic heterocycles. The Bertz CT molecular complexity index is 1610. The highest BCUT2D eigenvalue weighted by atomic mass is 16.7. The van der Waals surface area contributed by atoms with E-state index in [1.54, 1.807) is 18.2 Å². The van der Waals surface area contributed by atoms with Gasteiger partial charge in [-0.1, -0.05) is 35.9 Å². The molecule has 0 aromatic heterocycles. The van der Waals surface area contributed by atoms with Gasteiger partial charge >= 0.3 is 0 Å². The summed E-state index contributed by atoms with van der Waals surface area (Å²) in [6.45, 7) is 5.65. The summed E-state index contributed by atoms with van der Waals surface area (Å²) >= 11 is 0. The van der Waals surface area contributed by atoms with E-state index in [9.17, 15) is 14.4 Å². The number of para-hydroxylation sites is 1. The van der Waals surface area contributed by atoms with Crippen molar-refractivity contribution >= 4 is 34.4 Å². The Kier molecular flexibility index (Phi) is 4.68. The van der Waals surface area contributed by atoms with Crippen LogP contribution in [0.15, 0.2) is 66.7 Å². The highest BCUT2D eigenvalue weighted by molar-refractivity contribution is 6.17. The summed E-state index contributed by atoms with van der Waals surface area (Å²) in [5.74, 6) is -0.628. The van der Waals surface area contributed by atoms with E-state index in [0.717, 1.165) is 28.0 Å². The minimum Gasteiger partial charge on any atom is -0.454 e. The van der Waals surface area contributed by atoms with E-state index in [0.29, 0.717) is 22.7 Å². The number of aryl methyl sites for hydroxylation is 1. The predicted molar refractivity (Wildman–Crippen MR) is 143 cm³/mol. The van der Waals surface area contributed by atoms with E-state index in [1.165, 1.54) is 6.92 Å². The van der Waals surface area contributed by atoms with Crippen molar-refractivity contribution in [1.82, 2.24) is 0 Å². The van der Waals surface area contributed by atoms with Crippen molar-refractivity contribution in [3.8, 4) is 11.5 Å². The van der Waals surface area contributed by atoms with Crippen molar-refractivity contribution in [2.45, 2.75) is 38.3 Å². The molecule has 190 valence electrons. The van der Waals surface area contributed by atoms with E-state index in [1.807, 2.05) is 55.1 Å². The number of rotatable bonds is 3. The first-order valence-corrected chi connectivity index (χ1v) is 12.8. The van der Waals surface area contributed by atoms with Crippen LogP contribution >= 0.6 is 0 Å². The molecule has 1 N–H and O–H groups in total. The molecular formula is C31H26N2O5. The fourth-order valence-electron chi connectivity index (χ4n) is 6.93. The fourth-order valence-corrected chi connectivity index (χ4v) is 6.93. The number of ketones is 2. The lowest BCUT2D eigenvalue weighted by atomic mass is 9.64. The lowest BCUT2D eigenvalue weighted by Gasteiger charge is -2.39. The Hall–Kier alpha value is -4.39. The van der Waals surface area contributed by atoms with E-state index < -0.39 is 23.4 Å². The number of nitrogens with one attached hydrogen (secondary N) is 1. The maximum atomic E-state index is 14.6. The smallest absolute Gasteiger partial charge is 0.238 e. The lowest BCUT2D eigenvalue weighted by Crippen LogP contribution is -2.51. The molecule has 1 fully saturated rings. The first kappa shape index (κ1) is 22.8. The molecule has 4 unspecified atom stereocenters. The van der Waals surface area contributed by atoms with Gasteiger partial charge in [0.05, 0.1) is 18.0 Å². The molecule has 3 aromatic carbocycles. The molecule has 4 heterocycles. The number of fused-ring (bicyclic) bond motifs is 7. The van der Waals surface area contributed by atoms with Crippen molar-refractivity contribution in [1.29, 1.82) is 0 Å². The van der Waals surface area contributed by atoms with Crippen molar-refractivity contribution in [3.05, 3.63) is 89.0 Å². The van der Waals surface area contributed by atoms with Gasteiger partial charge in [-0.25, -0.2) is 0 Å². The highest BCUT2D eigenvalue weighted by Crippen LogP contribution is 2.58. The number of carbonyl (C=O) groups is 3. The van der Waals surface area contributed by atoms with Gasteiger partial charge < -0.3 is 19.7 Å². The van der Waals surface area contributed by atoms with Crippen molar-refractivity contribution < 1.29 is 23.9 Å². The van der Waals surface area contributed by atoms with Gasteiger partial charge in [0.15, 0.2) is 23.1 Å². The van der Waals surface area contributed by atoms with Gasteiger partial charge in [-0.2, -0.15) is 0 Å². The first-order valence-electron chi connectivity index (χ1n) is 12.8. The minimum atomic E-state index is -1.30. The van der Waals surface area contributed by atoms with Crippen LogP contribution in [0.4, 0.5) is 11.4 Å². The molecule has 0 radical (unpaired) electrons. The normalized spacial score (nSPS) is 26.0. The topological polar surface area (TPSA) is 84.9 Å². The van der Waals surface area contributed by atoms with Crippen LogP contribution < -0.4 is 19.7 Å². The summed E-state index contributed by atoms with van der Waals surface area (Å²) in [5, 5.41) is 3.05. The third-order valence-electron chi connectivity index (χ3n) is 8.49. The van der Waals surface area contributed by atoms with Crippen LogP contribution in [0.3, 0.4) is 0 Å². The van der Waals surface area contributed by atoms with Gasteiger partial charge in [0.1, 0.15) is 5.41 Å². The summed E-state index contributed by atoms with van der Waals surface area (Å²) in [6, 6.07) is 17.3. The SMILES string of the molecule is CC(=O)C1C(C(=O)c2ccc3c(c2)OCO3)C2(C(=O)Nc3ccccc32)C2C=C(C)c3cc(C)ccc3N12. The molecule has 7 heteroatoms. The average molecular weight is 507 g/mol. The van der Waals surface area contributed by atoms with E-state index in [-0.39, 0.29) is 24.3 Å². The summed E-state index contributed by atoms with van der Waals surface area (Å²) in [6.07, 6.45) is 2.06. The number of amides is 1. The van der Waals surface area contributed by atoms with Crippen LogP contribution in [0.5, 0.6) is 11.5 Å². The number of carbonyl (C=O) groups excluding carboxylic acids is 3. The third-order valence-corrected chi connectivity index (χ3v) is 8.49. The Morgan fingerprint density at radius 1 is 1.00 bits per heavy atom. The zero-order valence-electron chi connectivity index (χ0n) is 21.3. The predicted octanol–water partition coefficient (Wildman–Crippen LogP) is 4.68. The minimum absolute atomic E-state index is 0.0856. The summed E-state index contributed by atoms with van der Waals surface area (Å²) in [5.41, 5.74) is 4.47. The van der Waals surface area contributed by atoms with Crippen molar-refractivity contribution in [3.63, 3.8) is 0 Å². The average Bonchev–Trinajstić information content (AvgIpc) is 3.57. The standard InChI is InChI=1S/C31H26N2O5/c1-16-8-10-23-20(12-16)17(2)13-26-31(21-6-4-5-7-22(21)32-30(31)36)27(28(18(3)34)33(23)26)29(35)19-9-11-24-25(14-19)38-15-37-24/h4-14,26-28H,15H2,1-3H3,(H,32,36). The zero-order valence-corrected chi connectivity index (χ0v) is 21.3. The molecule has 0 bridgehead atoms. The van der Waals surface area contributed by atoms with Gasteiger partial charge in [-0.05, 0) is 68.3 Å². The quantitative estimate of drug-likeness (QED) is 0.520. The fraction of sp³-hybridized carbons (Fsp3) is 0.258. The van der Waals surface area contributed by atoms with Crippen LogP contribution in [-0.4, -0.2) is 36.4 Å². The van der Waals surface area contributed by atoms with Gasteiger partial charge in [0.2, 0.25) is 12.7 Å². The van der Waals surface area contributed by atoms with Gasteiger partial charge in [-0.3, -0.25) is 14.4 Å².